The van der Waals surface area contributed by atoms with Gasteiger partial charge in [-0.2, -0.15) is 47.5 Å². The van der Waals surface area contributed by atoms with Crippen molar-refractivity contribution in [2.75, 3.05) is 0 Å². The van der Waals surface area contributed by atoms with Crippen molar-refractivity contribution in [3.8, 4) is 11.1 Å². The third-order valence-electron chi connectivity index (χ3n) is 7.17. The standard InChI is InChI=1S/C21H25.C9H13.C8H8.2ClH.Zr/c1-20(2,3)16-7-9-18-14(12-16)11-15-13-17(21(4,5)6)8-10-19(15)18;1-9(2,3)8-6-4-5-7-8;1-2-8-6-4-3-5-7-8;;;/h7-10,12H,11H2,1-6H3;4-7H,1-3H3;1,3-7H,2H2;2*1H;/q2*-1;;;;+2/p-2. The molecule has 1 aliphatic carbocycles. The SMILES string of the molecule is CC(C)(C)c1[c-]c2c(cc1)-c1ccc(C(C)(C)C)cc1C2.CC(C)(C)c1cc[cH-]c1.[Cl-].[Cl-].[Zr+2]=[CH]Cc1ccccc1. The van der Waals surface area contributed by atoms with Crippen LogP contribution in [0.5, 0.6) is 0 Å². The molecular weight excluding hydrogens is 619 g/mol. The van der Waals surface area contributed by atoms with Crippen molar-refractivity contribution in [1.29, 1.82) is 0 Å². The average Bonchev–Trinajstić information content (AvgIpc) is 3.52. The van der Waals surface area contributed by atoms with Gasteiger partial charge in [0.15, 0.2) is 0 Å². The maximum atomic E-state index is 3.67. The molecule has 0 aliphatic heterocycles. The molecule has 218 valence electrons. The van der Waals surface area contributed by atoms with Crippen molar-refractivity contribution in [2.45, 2.75) is 91.4 Å². The zero-order chi connectivity index (χ0) is 28.8. The molecular formula is C38H46Cl2Zr-2. The Morgan fingerprint density at radius 2 is 1.34 bits per heavy atom. The van der Waals surface area contributed by atoms with Crippen LogP contribution in [-0.4, -0.2) is 3.71 Å². The van der Waals surface area contributed by atoms with Crippen molar-refractivity contribution >= 4 is 3.71 Å². The second-order valence-corrected chi connectivity index (χ2v) is 14.6. The Balaban J connectivity index is 0.000000351. The number of rotatable bonds is 2. The molecule has 3 heteroatoms. The zero-order valence-corrected chi connectivity index (χ0v) is 30.3. The first-order valence-corrected chi connectivity index (χ1v) is 15.6. The van der Waals surface area contributed by atoms with E-state index in [0.717, 1.165) is 12.8 Å². The Kier molecular flexibility index (Phi) is 14.3. The first-order chi connectivity index (χ1) is 18.2. The van der Waals surface area contributed by atoms with Crippen LogP contribution >= 0.6 is 0 Å². The molecule has 0 saturated heterocycles. The van der Waals surface area contributed by atoms with Crippen LogP contribution in [0.25, 0.3) is 11.1 Å². The van der Waals surface area contributed by atoms with Crippen molar-refractivity contribution in [2.24, 2.45) is 0 Å². The van der Waals surface area contributed by atoms with E-state index in [1.165, 1.54) is 68.7 Å². The molecule has 0 saturated carbocycles. The van der Waals surface area contributed by atoms with Gasteiger partial charge in [0.1, 0.15) is 0 Å². The van der Waals surface area contributed by atoms with Crippen LogP contribution in [-0.2, 0) is 53.3 Å². The van der Waals surface area contributed by atoms with Gasteiger partial charge >= 0.3 is 70.3 Å². The van der Waals surface area contributed by atoms with Gasteiger partial charge in [-0.25, -0.2) is 6.07 Å². The number of hydrogen-bond donors (Lipinski definition) is 0. The molecule has 0 heterocycles. The molecule has 0 bridgehead atoms. The van der Waals surface area contributed by atoms with Gasteiger partial charge in [0.2, 0.25) is 0 Å². The van der Waals surface area contributed by atoms with Crippen molar-refractivity contribution in [3.63, 3.8) is 0 Å². The van der Waals surface area contributed by atoms with E-state index < -0.39 is 0 Å². The van der Waals surface area contributed by atoms with Gasteiger partial charge in [-0.1, -0.05) is 91.5 Å². The number of hydrogen-bond acceptors (Lipinski definition) is 0. The van der Waals surface area contributed by atoms with E-state index in [1.807, 2.05) is 6.07 Å². The fourth-order valence-corrected chi connectivity index (χ4v) is 5.21. The fourth-order valence-electron chi connectivity index (χ4n) is 4.63. The number of halogens is 2. The minimum atomic E-state index is 0. The summed E-state index contributed by atoms with van der Waals surface area (Å²) < 4.78 is 2.25. The summed E-state index contributed by atoms with van der Waals surface area (Å²) in [6.45, 7) is 20.3. The van der Waals surface area contributed by atoms with Crippen LogP contribution in [0.1, 0.15) is 95.7 Å². The van der Waals surface area contributed by atoms with Gasteiger partial charge in [0, 0.05) is 0 Å². The third kappa shape index (κ3) is 10.8. The molecule has 5 rings (SSSR count). The van der Waals surface area contributed by atoms with Gasteiger partial charge in [0.25, 0.3) is 0 Å². The van der Waals surface area contributed by atoms with Gasteiger partial charge in [-0.15, -0.1) is 11.1 Å². The van der Waals surface area contributed by atoms with Crippen LogP contribution in [0.4, 0.5) is 0 Å². The molecule has 0 nitrogen and oxygen atoms in total. The number of benzene rings is 3. The van der Waals surface area contributed by atoms with Gasteiger partial charge in [-0.3, -0.25) is 0 Å². The molecule has 0 atom stereocenters. The predicted molar refractivity (Wildman–Crippen MR) is 168 cm³/mol. The van der Waals surface area contributed by atoms with E-state index in [2.05, 4.69) is 151 Å². The Bertz CT molecular complexity index is 1280. The fraction of sp³-hybridized carbons (Fsp3) is 0.368. The molecule has 0 N–H and O–H groups in total. The van der Waals surface area contributed by atoms with Crippen molar-refractivity contribution in [1.82, 2.24) is 0 Å². The molecule has 0 spiro atoms. The zero-order valence-electron chi connectivity index (χ0n) is 26.3. The Hall–Kier alpha value is -1.66. The molecule has 4 aromatic carbocycles. The molecule has 0 amide bonds. The Morgan fingerprint density at radius 1 is 0.732 bits per heavy atom. The minimum absolute atomic E-state index is 0. The van der Waals surface area contributed by atoms with Crippen LogP contribution < -0.4 is 24.8 Å². The molecule has 1 aliphatic rings. The summed E-state index contributed by atoms with van der Waals surface area (Å²) in [7, 11) is 0. The van der Waals surface area contributed by atoms with Gasteiger partial charge < -0.3 is 24.8 Å². The molecule has 0 aromatic heterocycles. The second kappa shape index (κ2) is 15.7. The van der Waals surface area contributed by atoms with E-state index in [-0.39, 0.29) is 35.6 Å². The summed E-state index contributed by atoms with van der Waals surface area (Å²) in [5, 5.41) is 0. The topological polar surface area (TPSA) is 0 Å². The van der Waals surface area contributed by atoms with Crippen LogP contribution in [0, 0.1) is 6.07 Å². The summed E-state index contributed by atoms with van der Waals surface area (Å²) in [6.07, 6.45) is 2.15. The number of fused-ring (bicyclic) bond motifs is 3. The van der Waals surface area contributed by atoms with E-state index in [1.54, 1.807) is 0 Å². The monoisotopic (exact) mass is 662 g/mol. The molecule has 0 radical (unpaired) electrons. The summed E-state index contributed by atoms with van der Waals surface area (Å²) >= 11 is 1.51. The summed E-state index contributed by atoms with van der Waals surface area (Å²) in [5.41, 5.74) is 11.9. The molecule has 4 aromatic rings. The van der Waals surface area contributed by atoms with Crippen LogP contribution in [0.3, 0.4) is 0 Å². The Morgan fingerprint density at radius 3 is 1.83 bits per heavy atom. The van der Waals surface area contributed by atoms with Crippen molar-refractivity contribution in [3.05, 3.63) is 124 Å². The van der Waals surface area contributed by atoms with Crippen LogP contribution in [0.2, 0.25) is 0 Å². The van der Waals surface area contributed by atoms with E-state index in [0.29, 0.717) is 5.41 Å². The van der Waals surface area contributed by atoms with Gasteiger partial charge in [-0.05, 0) is 28.4 Å². The molecule has 0 unspecified atom stereocenters. The molecule has 0 fully saturated rings. The molecule has 41 heavy (non-hydrogen) atoms. The normalized spacial score (nSPS) is 11.8. The average molecular weight is 665 g/mol. The summed E-state index contributed by atoms with van der Waals surface area (Å²) in [5.74, 6) is 0. The summed E-state index contributed by atoms with van der Waals surface area (Å²) in [4.78, 5) is 0. The maximum absolute atomic E-state index is 3.67. The predicted octanol–water partition coefficient (Wildman–Crippen LogP) is 3.94. The third-order valence-corrected chi connectivity index (χ3v) is 7.68. The van der Waals surface area contributed by atoms with Crippen molar-refractivity contribution < 1.29 is 49.0 Å². The van der Waals surface area contributed by atoms with E-state index >= 15 is 0 Å². The van der Waals surface area contributed by atoms with E-state index in [4.69, 9.17) is 0 Å². The summed E-state index contributed by atoms with van der Waals surface area (Å²) in [6, 6.07) is 34.2. The van der Waals surface area contributed by atoms with E-state index in [9.17, 15) is 0 Å². The second-order valence-electron chi connectivity index (χ2n) is 13.6. The first kappa shape index (κ1) is 37.4. The van der Waals surface area contributed by atoms with Gasteiger partial charge in [0.05, 0.1) is 0 Å². The van der Waals surface area contributed by atoms with Crippen LogP contribution in [0.15, 0.2) is 84.9 Å². The Labute approximate surface area is 277 Å². The first-order valence-electron chi connectivity index (χ1n) is 14.1. The quantitative estimate of drug-likeness (QED) is 0.251.